The third-order valence-electron chi connectivity index (χ3n) is 4.73. The summed E-state index contributed by atoms with van der Waals surface area (Å²) in [5, 5.41) is 9.66. The molecule has 12 heteroatoms. The molecule has 156 valence electrons. The monoisotopic (exact) mass is 534 g/mol. The Labute approximate surface area is 178 Å². The van der Waals surface area contributed by atoms with Gasteiger partial charge in [-0.15, -0.1) is 0 Å². The summed E-state index contributed by atoms with van der Waals surface area (Å²) in [5.74, 6) is 0.449. The van der Waals surface area contributed by atoms with Gasteiger partial charge in [0.1, 0.15) is 24.2 Å². The van der Waals surface area contributed by atoms with Crippen LogP contribution in [0.5, 0.6) is 5.75 Å². The van der Waals surface area contributed by atoms with Crippen LogP contribution < -0.4 is 15.8 Å². The zero-order valence-electron chi connectivity index (χ0n) is 15.2. The molecule has 0 radical (unpaired) electrons. The van der Waals surface area contributed by atoms with Crippen LogP contribution in [0, 0.1) is 10.5 Å². The fraction of sp³-hybridized carbons (Fsp3) is 0.412. The van der Waals surface area contributed by atoms with Crippen molar-refractivity contribution in [2.45, 2.75) is 38.4 Å². The van der Waals surface area contributed by atoms with E-state index < -0.39 is 44.1 Å². The topological polar surface area (TPSA) is 129 Å². The average Bonchev–Trinajstić information content (AvgIpc) is 3.07. The highest BCUT2D eigenvalue weighted by molar-refractivity contribution is 14.1. The van der Waals surface area contributed by atoms with Crippen molar-refractivity contribution in [2.75, 3.05) is 6.61 Å². The van der Waals surface area contributed by atoms with Crippen molar-refractivity contribution >= 4 is 30.4 Å². The SMILES string of the molecule is Cc1cccc2c1O[P@](=O)(O[C@H]1C[C@H](n3cc([125I])c(=O)[nH]c3=O)O[C@@H]1CO)OC2. The lowest BCUT2D eigenvalue weighted by atomic mass is 10.1. The van der Waals surface area contributed by atoms with E-state index in [9.17, 15) is 19.3 Å². The van der Waals surface area contributed by atoms with Gasteiger partial charge in [-0.3, -0.25) is 23.4 Å². The van der Waals surface area contributed by atoms with Crippen LogP contribution >= 0.6 is 30.4 Å². The first-order valence-corrected chi connectivity index (χ1v) is 11.3. The molecule has 1 saturated heterocycles. The number of phosphoric acid groups is 1. The molecule has 0 saturated carbocycles. The lowest BCUT2D eigenvalue weighted by Crippen LogP contribution is -2.33. The van der Waals surface area contributed by atoms with Gasteiger partial charge >= 0.3 is 13.5 Å². The molecule has 2 aromatic rings. The van der Waals surface area contributed by atoms with Crippen molar-refractivity contribution < 1.29 is 28.0 Å². The largest absolute Gasteiger partial charge is 0.530 e. The highest BCUT2D eigenvalue weighted by atomic mass is 125. The predicted octanol–water partition coefficient (Wildman–Crippen LogP) is 1.83. The minimum absolute atomic E-state index is 0.0622. The van der Waals surface area contributed by atoms with Gasteiger partial charge in [0.25, 0.3) is 5.56 Å². The lowest BCUT2D eigenvalue weighted by Gasteiger charge is -2.28. The molecule has 1 aromatic heterocycles. The van der Waals surface area contributed by atoms with Gasteiger partial charge in [0.05, 0.1) is 16.8 Å². The van der Waals surface area contributed by atoms with E-state index in [1.165, 1.54) is 10.8 Å². The fourth-order valence-electron chi connectivity index (χ4n) is 3.28. The van der Waals surface area contributed by atoms with Gasteiger partial charge in [-0.2, -0.15) is 0 Å². The van der Waals surface area contributed by atoms with Gasteiger partial charge < -0.3 is 14.4 Å². The maximum atomic E-state index is 13.1. The number of aryl methyl sites for hydroxylation is 1. The van der Waals surface area contributed by atoms with Crippen LogP contribution in [0.1, 0.15) is 23.8 Å². The quantitative estimate of drug-likeness (QED) is 0.450. The molecule has 2 N–H and O–H groups in total. The van der Waals surface area contributed by atoms with Crippen LogP contribution in [0.3, 0.4) is 0 Å². The van der Waals surface area contributed by atoms with Crippen LogP contribution in [0.4, 0.5) is 0 Å². The van der Waals surface area contributed by atoms with Crippen molar-refractivity contribution in [3.05, 3.63) is 59.9 Å². The highest BCUT2D eigenvalue weighted by Crippen LogP contribution is 2.57. The maximum Gasteiger partial charge on any atom is 0.530 e. The number of nitrogens with one attached hydrogen (secondary N) is 1. The minimum atomic E-state index is -3.96. The number of fused-ring (bicyclic) bond motifs is 1. The normalized spacial score (nSPS) is 28.7. The molecule has 0 aliphatic carbocycles. The number of halogens is 1. The molecular formula is C17H18IN2O8P. The fourth-order valence-corrected chi connectivity index (χ4v) is 5.21. The molecular weight excluding hydrogens is 516 g/mol. The van der Waals surface area contributed by atoms with Crippen LogP contribution in [-0.2, 0) is 25.0 Å². The molecule has 0 spiro atoms. The Morgan fingerprint density at radius 2 is 2.21 bits per heavy atom. The zero-order valence-corrected chi connectivity index (χ0v) is 18.3. The van der Waals surface area contributed by atoms with Crippen LogP contribution in [-0.4, -0.2) is 33.5 Å². The summed E-state index contributed by atoms with van der Waals surface area (Å²) in [6.45, 7) is 1.46. The molecule has 3 heterocycles. The number of hydrogen-bond donors (Lipinski definition) is 2. The van der Waals surface area contributed by atoms with Crippen molar-refractivity contribution in [3.8, 4) is 5.75 Å². The van der Waals surface area contributed by atoms with Gasteiger partial charge in [-0.1, -0.05) is 18.2 Å². The summed E-state index contributed by atoms with van der Waals surface area (Å²) in [6, 6.07) is 5.48. The highest BCUT2D eigenvalue weighted by Gasteiger charge is 2.45. The van der Waals surface area contributed by atoms with E-state index in [-0.39, 0.29) is 13.0 Å². The number of ether oxygens (including phenoxy) is 1. The number of para-hydroxylation sites is 1. The number of benzene rings is 1. The molecule has 10 nitrogen and oxygen atoms in total. The number of aromatic nitrogens is 2. The molecule has 0 bridgehead atoms. The van der Waals surface area contributed by atoms with Gasteiger partial charge in [0.15, 0.2) is 0 Å². The molecule has 1 aromatic carbocycles. The van der Waals surface area contributed by atoms with E-state index in [4.69, 9.17) is 18.3 Å². The van der Waals surface area contributed by atoms with E-state index in [1.807, 2.05) is 19.1 Å². The number of rotatable bonds is 4. The lowest BCUT2D eigenvalue weighted by molar-refractivity contribution is -0.0467. The standard InChI is InChI=1S/C17H18IN2O8P/c1-9-3-2-4-10-8-25-29(24,28-15(9)10)27-12-5-14(26-13(12)7-21)20-6-11(18)16(22)19-17(20)23/h2-4,6,12-14,21H,5,7-8H2,1H3,(H,19,22,23)/t12-,13+,14+,29-/m0/s1/i18-2. The Morgan fingerprint density at radius 1 is 1.41 bits per heavy atom. The number of phosphoric ester groups is 1. The average molecular weight is 534 g/mol. The van der Waals surface area contributed by atoms with Gasteiger partial charge in [-0.25, -0.2) is 9.36 Å². The number of nitrogens with zero attached hydrogens (tertiary/aromatic N) is 1. The number of hydrogen-bond acceptors (Lipinski definition) is 8. The Bertz CT molecular complexity index is 1100. The van der Waals surface area contributed by atoms with Gasteiger partial charge in [0, 0.05) is 18.2 Å². The van der Waals surface area contributed by atoms with Crippen molar-refractivity contribution in [1.82, 2.24) is 9.55 Å². The van der Waals surface area contributed by atoms with E-state index >= 15 is 0 Å². The van der Waals surface area contributed by atoms with E-state index in [1.54, 1.807) is 28.7 Å². The summed E-state index contributed by atoms with van der Waals surface area (Å²) >= 11 is 1.80. The second-order valence-electron chi connectivity index (χ2n) is 6.71. The third kappa shape index (κ3) is 4.07. The first-order valence-electron chi connectivity index (χ1n) is 8.78. The number of aliphatic hydroxyl groups is 1. The molecule has 1 fully saturated rings. The number of aliphatic hydroxyl groups excluding tert-OH is 1. The van der Waals surface area contributed by atoms with Crippen molar-refractivity contribution in [1.29, 1.82) is 0 Å². The summed E-state index contributed by atoms with van der Waals surface area (Å²) in [4.78, 5) is 25.9. The summed E-state index contributed by atoms with van der Waals surface area (Å²) in [5.41, 5.74) is 0.398. The maximum absolute atomic E-state index is 13.1. The first-order chi connectivity index (χ1) is 13.8. The third-order valence-corrected chi connectivity index (χ3v) is 6.88. The number of H-pyrrole nitrogens is 1. The molecule has 0 amide bonds. The summed E-state index contributed by atoms with van der Waals surface area (Å²) < 4.78 is 36.8. The molecule has 0 unspecified atom stereocenters. The minimum Gasteiger partial charge on any atom is -0.403 e. The Hall–Kier alpha value is -1.50. The van der Waals surface area contributed by atoms with E-state index in [0.29, 0.717) is 9.32 Å². The van der Waals surface area contributed by atoms with Crippen LogP contribution in [0.2, 0.25) is 0 Å². The van der Waals surface area contributed by atoms with Crippen LogP contribution in [0.25, 0.3) is 0 Å². The molecule has 2 aliphatic rings. The summed E-state index contributed by atoms with van der Waals surface area (Å²) in [6.07, 6.45) is -1.06. The molecule has 29 heavy (non-hydrogen) atoms. The molecule has 4 atom stereocenters. The zero-order chi connectivity index (χ0) is 20.8. The Balaban J connectivity index is 1.56. The second kappa shape index (κ2) is 7.97. The van der Waals surface area contributed by atoms with Gasteiger partial charge in [0.2, 0.25) is 0 Å². The van der Waals surface area contributed by atoms with Crippen molar-refractivity contribution in [2.24, 2.45) is 0 Å². The summed E-state index contributed by atoms with van der Waals surface area (Å²) in [7, 11) is -3.96. The molecule has 2 aliphatic heterocycles. The van der Waals surface area contributed by atoms with Gasteiger partial charge in [-0.05, 0) is 35.1 Å². The number of aromatic amines is 1. The second-order valence-corrected chi connectivity index (χ2v) is 9.42. The van der Waals surface area contributed by atoms with Crippen molar-refractivity contribution in [3.63, 3.8) is 0 Å². The van der Waals surface area contributed by atoms with E-state index in [0.717, 1.165) is 11.1 Å². The molecule has 4 rings (SSSR count). The first kappa shape index (κ1) is 20.8. The van der Waals surface area contributed by atoms with Crippen LogP contribution in [0.15, 0.2) is 34.0 Å². The predicted molar refractivity (Wildman–Crippen MR) is 109 cm³/mol. The Morgan fingerprint density at radius 3 is 2.97 bits per heavy atom. The smallest absolute Gasteiger partial charge is 0.403 e. The van der Waals surface area contributed by atoms with E-state index in [2.05, 4.69) is 4.98 Å². The Kier molecular flexibility index (Phi) is 5.70.